The predicted molar refractivity (Wildman–Crippen MR) is 116 cm³/mol. The fourth-order valence-corrected chi connectivity index (χ4v) is 3.97. The van der Waals surface area contributed by atoms with Gasteiger partial charge in [-0.25, -0.2) is 0 Å². The summed E-state index contributed by atoms with van der Waals surface area (Å²) in [5, 5.41) is 9.86. The average Bonchev–Trinajstić information content (AvgIpc) is 2.73. The maximum Gasteiger partial charge on any atom is 0.315 e. The van der Waals surface area contributed by atoms with Gasteiger partial charge in [0.2, 0.25) is 0 Å². The maximum atomic E-state index is 12.0. The number of para-hydroxylation sites is 1. The lowest BCUT2D eigenvalue weighted by molar-refractivity contribution is -0.137. The van der Waals surface area contributed by atoms with Crippen LogP contribution in [0.1, 0.15) is 42.9 Å². The van der Waals surface area contributed by atoms with E-state index in [1.54, 1.807) is 0 Å². The van der Waals surface area contributed by atoms with Crippen LogP contribution in [0.2, 0.25) is 0 Å². The summed E-state index contributed by atoms with van der Waals surface area (Å²) in [6.45, 7) is 9.76. The predicted octanol–water partition coefficient (Wildman–Crippen LogP) is 4.22. The summed E-state index contributed by atoms with van der Waals surface area (Å²) < 4.78 is 5.96. The average molecular weight is 397 g/mol. The number of fused-ring (bicyclic) bond motifs is 2. The number of benzene rings is 2. The van der Waals surface area contributed by atoms with E-state index in [0.29, 0.717) is 11.5 Å². The first-order valence-electron chi connectivity index (χ1n) is 10.6. The van der Waals surface area contributed by atoms with Gasteiger partial charge < -0.3 is 19.6 Å². The molecular weight excluding hydrogens is 364 g/mol. The highest BCUT2D eigenvalue weighted by molar-refractivity contribution is 5.84. The van der Waals surface area contributed by atoms with Gasteiger partial charge in [0.1, 0.15) is 17.4 Å². The highest BCUT2D eigenvalue weighted by Crippen LogP contribution is 2.44. The Kier molecular flexibility index (Phi) is 7.29. The fourth-order valence-electron chi connectivity index (χ4n) is 3.97. The van der Waals surface area contributed by atoms with Gasteiger partial charge >= 0.3 is 5.97 Å². The first-order valence-corrected chi connectivity index (χ1v) is 10.6. The van der Waals surface area contributed by atoms with Crippen molar-refractivity contribution in [2.75, 3.05) is 39.8 Å². The fraction of sp³-hybridized carbons (Fsp3) is 0.458. The third kappa shape index (κ3) is 5.17. The lowest BCUT2D eigenvalue weighted by Crippen LogP contribution is -2.29. The molecule has 0 aromatic heterocycles. The Morgan fingerprint density at radius 2 is 1.72 bits per heavy atom. The van der Waals surface area contributed by atoms with Crippen molar-refractivity contribution in [1.29, 1.82) is 0 Å². The van der Waals surface area contributed by atoms with Gasteiger partial charge in [0.05, 0.1) is 0 Å². The second-order valence-electron chi connectivity index (χ2n) is 7.72. The second-order valence-corrected chi connectivity index (χ2v) is 7.72. The molecule has 1 aliphatic rings. The first-order chi connectivity index (χ1) is 14.0. The maximum absolute atomic E-state index is 12.0. The van der Waals surface area contributed by atoms with E-state index in [-0.39, 0.29) is 0 Å². The highest BCUT2D eigenvalue weighted by atomic mass is 16.5. The van der Waals surface area contributed by atoms with Gasteiger partial charge in [-0.05, 0) is 63.8 Å². The van der Waals surface area contributed by atoms with E-state index in [1.165, 1.54) is 0 Å². The summed E-state index contributed by atoms with van der Waals surface area (Å²) in [6.07, 6.45) is 2.05. The highest BCUT2D eigenvalue weighted by Gasteiger charge is 2.32. The molecule has 0 saturated carbocycles. The van der Waals surface area contributed by atoms with Crippen LogP contribution in [0, 0.1) is 0 Å². The minimum Gasteiger partial charge on any atom is -0.481 e. The van der Waals surface area contributed by atoms with Crippen molar-refractivity contribution in [1.82, 2.24) is 9.80 Å². The molecule has 0 saturated heterocycles. The van der Waals surface area contributed by atoms with Crippen molar-refractivity contribution in [2.24, 2.45) is 0 Å². The summed E-state index contributed by atoms with van der Waals surface area (Å²) in [7, 11) is 2.15. The zero-order valence-corrected chi connectivity index (χ0v) is 17.7. The van der Waals surface area contributed by atoms with Crippen LogP contribution in [0.4, 0.5) is 0 Å². The molecule has 0 aliphatic carbocycles. The first kappa shape index (κ1) is 21.3. The Morgan fingerprint density at radius 1 is 1.00 bits per heavy atom. The largest absolute Gasteiger partial charge is 0.481 e. The van der Waals surface area contributed by atoms with Gasteiger partial charge in [-0.2, -0.15) is 0 Å². The molecule has 0 spiro atoms. The number of aliphatic carboxylic acids is 1. The number of nitrogens with zero attached hydrogens (tertiary/aromatic N) is 2. The Morgan fingerprint density at radius 3 is 2.45 bits per heavy atom. The summed E-state index contributed by atoms with van der Waals surface area (Å²) in [5.74, 6) is -0.241. The smallest absolute Gasteiger partial charge is 0.315 e. The topological polar surface area (TPSA) is 53.0 Å². The molecule has 29 heavy (non-hydrogen) atoms. The molecule has 0 radical (unpaired) electrons. The van der Waals surface area contributed by atoms with E-state index in [9.17, 15) is 9.90 Å². The summed E-state index contributed by atoms with van der Waals surface area (Å²) in [5.41, 5.74) is 2.62. The lowest BCUT2D eigenvalue weighted by atomic mass is 9.87. The summed E-state index contributed by atoms with van der Waals surface area (Å²) >= 11 is 0. The van der Waals surface area contributed by atoms with Crippen molar-refractivity contribution in [2.45, 2.75) is 32.6 Å². The number of hydrogen-bond donors (Lipinski definition) is 1. The summed E-state index contributed by atoms with van der Waals surface area (Å²) in [4.78, 5) is 16.8. The molecule has 2 aromatic carbocycles. The SMILES string of the molecule is CCN(CC)CCCN(C)CCc1ccc2c(c1)C(C(=O)O)c1ccccc1O2. The van der Waals surface area contributed by atoms with Gasteiger partial charge in [0.15, 0.2) is 0 Å². The van der Waals surface area contributed by atoms with E-state index in [4.69, 9.17) is 4.74 Å². The van der Waals surface area contributed by atoms with Gasteiger partial charge in [-0.1, -0.05) is 44.2 Å². The lowest BCUT2D eigenvalue weighted by Gasteiger charge is -2.26. The van der Waals surface area contributed by atoms with E-state index in [1.807, 2.05) is 36.4 Å². The van der Waals surface area contributed by atoms with Crippen molar-refractivity contribution in [3.8, 4) is 11.5 Å². The Bertz CT molecular complexity index is 833. The minimum atomic E-state index is -0.840. The molecule has 2 aromatic rings. The molecule has 0 amide bonds. The standard InChI is InChI=1S/C24H32N2O3/c1-4-26(5-2)15-8-14-25(3)16-13-18-11-12-22-20(17-18)23(24(27)28)19-9-6-7-10-21(19)29-22/h6-7,9-12,17,23H,4-5,8,13-16H2,1-3H3,(H,27,28). The Balaban J connectivity index is 1.64. The zero-order chi connectivity index (χ0) is 20.8. The molecule has 0 fully saturated rings. The molecule has 1 atom stereocenters. The molecule has 1 N–H and O–H groups in total. The van der Waals surface area contributed by atoms with Crippen molar-refractivity contribution in [3.05, 3.63) is 59.2 Å². The van der Waals surface area contributed by atoms with E-state index in [0.717, 1.165) is 62.3 Å². The van der Waals surface area contributed by atoms with E-state index >= 15 is 0 Å². The zero-order valence-electron chi connectivity index (χ0n) is 17.7. The summed E-state index contributed by atoms with van der Waals surface area (Å²) in [6, 6.07) is 13.4. The molecular formula is C24H32N2O3. The third-order valence-corrected chi connectivity index (χ3v) is 5.77. The number of hydrogen-bond acceptors (Lipinski definition) is 4. The normalized spacial score (nSPS) is 15.1. The van der Waals surface area contributed by atoms with Crippen molar-refractivity contribution in [3.63, 3.8) is 0 Å². The molecule has 5 nitrogen and oxygen atoms in total. The van der Waals surface area contributed by atoms with Gasteiger partial charge in [-0.15, -0.1) is 0 Å². The van der Waals surface area contributed by atoms with Gasteiger partial charge in [0.25, 0.3) is 0 Å². The minimum absolute atomic E-state index is 0.632. The van der Waals surface area contributed by atoms with Crippen molar-refractivity contribution >= 4 is 5.97 Å². The molecule has 1 heterocycles. The monoisotopic (exact) mass is 396 g/mol. The van der Waals surface area contributed by atoms with Crippen LogP contribution in [0.25, 0.3) is 0 Å². The number of carbonyl (C=O) groups is 1. The Labute approximate surface area is 173 Å². The van der Waals surface area contributed by atoms with Crippen LogP contribution in [0.3, 0.4) is 0 Å². The molecule has 1 aliphatic heterocycles. The third-order valence-electron chi connectivity index (χ3n) is 5.77. The second kappa shape index (κ2) is 9.90. The van der Waals surface area contributed by atoms with Crippen LogP contribution >= 0.6 is 0 Å². The number of carboxylic acids is 1. The van der Waals surface area contributed by atoms with Gasteiger partial charge in [0, 0.05) is 17.7 Å². The van der Waals surface area contributed by atoms with Crippen LogP contribution in [0.5, 0.6) is 11.5 Å². The quantitative estimate of drug-likeness (QED) is 0.652. The molecule has 1 unspecified atom stereocenters. The molecule has 5 heteroatoms. The number of rotatable bonds is 10. The number of likely N-dealkylation sites (N-methyl/N-ethyl adjacent to an activating group) is 1. The van der Waals surface area contributed by atoms with Crippen LogP contribution in [-0.2, 0) is 11.2 Å². The van der Waals surface area contributed by atoms with Crippen LogP contribution in [-0.4, -0.2) is 60.6 Å². The van der Waals surface area contributed by atoms with Gasteiger partial charge in [-0.3, -0.25) is 4.79 Å². The number of ether oxygens (including phenoxy) is 1. The Hall–Kier alpha value is -2.37. The van der Waals surface area contributed by atoms with Crippen molar-refractivity contribution < 1.29 is 14.6 Å². The van der Waals surface area contributed by atoms with E-state index in [2.05, 4.69) is 36.8 Å². The van der Waals surface area contributed by atoms with E-state index < -0.39 is 11.9 Å². The van der Waals surface area contributed by atoms with Crippen LogP contribution in [0.15, 0.2) is 42.5 Å². The number of carboxylic acid groups (broad SMARTS) is 1. The molecule has 156 valence electrons. The molecule has 3 rings (SSSR count). The molecule has 0 bridgehead atoms. The van der Waals surface area contributed by atoms with Crippen LogP contribution < -0.4 is 4.74 Å².